The molecule has 158 valence electrons. The van der Waals surface area contributed by atoms with Gasteiger partial charge in [0.15, 0.2) is 0 Å². The molecule has 5 aliphatic rings. The van der Waals surface area contributed by atoms with Crippen LogP contribution in [0.2, 0.25) is 0 Å². The van der Waals surface area contributed by atoms with Crippen LogP contribution >= 0.6 is 0 Å². The number of halogens is 1. The number of anilines is 1. The molecule has 6 rings (SSSR count). The van der Waals surface area contributed by atoms with E-state index < -0.39 is 16.0 Å². The standard InChI is InChI=1S/C21H28FN3O3S/c22-18-3-1-4-19(12-18)25-6-2-5-24(29(25,27)28)13-20(26)23-21-16-8-14-7-15(10-16)11-17(21)9-14/h1,3-4,12,14-17,21H,2,5-11,13H2,(H,23,26). The van der Waals surface area contributed by atoms with E-state index in [-0.39, 0.29) is 18.5 Å². The zero-order valence-corrected chi connectivity index (χ0v) is 17.3. The number of hydrogen-bond donors (Lipinski definition) is 1. The molecule has 0 spiro atoms. The Kier molecular flexibility index (Phi) is 4.81. The Balaban J connectivity index is 1.27. The third-order valence-corrected chi connectivity index (χ3v) is 9.26. The molecule has 1 amide bonds. The van der Waals surface area contributed by atoms with Crippen molar-refractivity contribution in [3.63, 3.8) is 0 Å². The molecular formula is C21H28FN3O3S. The summed E-state index contributed by atoms with van der Waals surface area (Å²) in [6.07, 6.45) is 6.76. The first-order chi connectivity index (χ1) is 13.9. The lowest BCUT2D eigenvalue weighted by Gasteiger charge is -2.54. The van der Waals surface area contributed by atoms with Crippen LogP contribution in [0.15, 0.2) is 24.3 Å². The molecule has 0 radical (unpaired) electrons. The molecule has 4 aliphatic carbocycles. The van der Waals surface area contributed by atoms with Gasteiger partial charge in [-0.25, -0.2) is 4.39 Å². The zero-order chi connectivity index (χ0) is 20.2. The maximum atomic E-state index is 13.6. The van der Waals surface area contributed by atoms with Crippen molar-refractivity contribution in [2.24, 2.45) is 23.7 Å². The Morgan fingerprint density at radius 1 is 1.07 bits per heavy atom. The molecule has 1 heterocycles. The van der Waals surface area contributed by atoms with Crippen molar-refractivity contribution < 1.29 is 17.6 Å². The highest BCUT2D eigenvalue weighted by Crippen LogP contribution is 2.53. The van der Waals surface area contributed by atoms with Crippen molar-refractivity contribution in [1.29, 1.82) is 0 Å². The normalized spacial score (nSPS) is 35.6. The Hall–Kier alpha value is -1.67. The molecular weight excluding hydrogens is 393 g/mol. The van der Waals surface area contributed by atoms with E-state index in [0.717, 1.165) is 11.8 Å². The van der Waals surface area contributed by atoms with Gasteiger partial charge in [0.05, 0.1) is 12.2 Å². The fraction of sp³-hybridized carbons (Fsp3) is 0.667. The molecule has 29 heavy (non-hydrogen) atoms. The summed E-state index contributed by atoms with van der Waals surface area (Å²) in [5.41, 5.74) is 0.302. The van der Waals surface area contributed by atoms with Crippen LogP contribution in [0.3, 0.4) is 0 Å². The number of carbonyl (C=O) groups excluding carboxylic acids is 1. The Morgan fingerprint density at radius 2 is 1.76 bits per heavy atom. The lowest BCUT2D eigenvalue weighted by atomic mass is 9.54. The van der Waals surface area contributed by atoms with E-state index >= 15 is 0 Å². The monoisotopic (exact) mass is 421 g/mol. The van der Waals surface area contributed by atoms with Crippen LogP contribution in [0.25, 0.3) is 0 Å². The van der Waals surface area contributed by atoms with Gasteiger partial charge in [0.25, 0.3) is 0 Å². The summed E-state index contributed by atoms with van der Waals surface area (Å²) >= 11 is 0. The maximum Gasteiger partial charge on any atom is 0.304 e. The number of hydrogen-bond acceptors (Lipinski definition) is 3. The topological polar surface area (TPSA) is 69.7 Å². The summed E-state index contributed by atoms with van der Waals surface area (Å²) in [5, 5.41) is 3.19. The van der Waals surface area contributed by atoms with Crippen LogP contribution in [0.4, 0.5) is 10.1 Å². The zero-order valence-electron chi connectivity index (χ0n) is 16.5. The number of rotatable bonds is 4. The molecule has 1 aliphatic heterocycles. The van der Waals surface area contributed by atoms with Gasteiger partial charge in [-0.2, -0.15) is 12.7 Å². The highest BCUT2D eigenvalue weighted by molar-refractivity contribution is 7.90. The van der Waals surface area contributed by atoms with Crippen LogP contribution in [-0.4, -0.2) is 44.3 Å². The first kappa shape index (κ1) is 19.3. The van der Waals surface area contributed by atoms with Gasteiger partial charge in [0, 0.05) is 19.1 Å². The van der Waals surface area contributed by atoms with Gasteiger partial charge >= 0.3 is 10.2 Å². The molecule has 1 aromatic carbocycles. The molecule has 6 nitrogen and oxygen atoms in total. The van der Waals surface area contributed by atoms with Crippen LogP contribution in [0.5, 0.6) is 0 Å². The number of nitrogens with one attached hydrogen (secondary N) is 1. The smallest absolute Gasteiger partial charge is 0.304 e. The lowest BCUT2D eigenvalue weighted by molar-refractivity contribution is -0.125. The van der Waals surface area contributed by atoms with Crippen molar-refractivity contribution in [2.45, 2.75) is 44.6 Å². The SMILES string of the molecule is O=C(CN1CCCN(c2cccc(F)c2)S1(=O)=O)NC1C2CC3CC(C2)CC1C3. The minimum absolute atomic E-state index is 0.170. The van der Waals surface area contributed by atoms with Crippen molar-refractivity contribution in [1.82, 2.24) is 9.62 Å². The average molecular weight is 422 g/mol. The quantitative estimate of drug-likeness (QED) is 0.812. The van der Waals surface area contributed by atoms with E-state index in [0.29, 0.717) is 37.0 Å². The van der Waals surface area contributed by atoms with Gasteiger partial charge < -0.3 is 5.32 Å². The van der Waals surface area contributed by atoms with Crippen molar-refractivity contribution >= 4 is 21.8 Å². The summed E-state index contributed by atoms with van der Waals surface area (Å²) in [7, 11) is -3.85. The Labute approximate surface area is 171 Å². The first-order valence-corrected chi connectivity index (χ1v) is 12.1. The van der Waals surface area contributed by atoms with Gasteiger partial charge in [-0.15, -0.1) is 0 Å². The Morgan fingerprint density at radius 3 is 2.41 bits per heavy atom. The molecule has 1 N–H and O–H groups in total. The molecule has 0 unspecified atom stereocenters. The predicted octanol–water partition coefficient (Wildman–Crippen LogP) is 2.52. The number of nitrogens with zero attached hydrogens (tertiary/aromatic N) is 2. The fourth-order valence-electron chi connectivity index (χ4n) is 6.37. The van der Waals surface area contributed by atoms with E-state index in [9.17, 15) is 17.6 Å². The Bertz CT molecular complexity index is 878. The molecule has 4 saturated carbocycles. The number of benzene rings is 1. The molecule has 8 heteroatoms. The fourth-order valence-corrected chi connectivity index (χ4v) is 8.03. The van der Waals surface area contributed by atoms with Crippen molar-refractivity contribution in [3.05, 3.63) is 30.1 Å². The average Bonchev–Trinajstić information content (AvgIpc) is 2.65. The maximum absolute atomic E-state index is 13.6. The highest BCUT2D eigenvalue weighted by atomic mass is 32.2. The lowest BCUT2D eigenvalue weighted by Crippen LogP contribution is -2.58. The third-order valence-electron chi connectivity index (χ3n) is 7.34. The summed E-state index contributed by atoms with van der Waals surface area (Å²) in [5.74, 6) is 2.07. The minimum Gasteiger partial charge on any atom is -0.352 e. The number of carbonyl (C=O) groups is 1. The van der Waals surface area contributed by atoms with Crippen LogP contribution in [0.1, 0.15) is 38.5 Å². The molecule has 4 bridgehead atoms. The van der Waals surface area contributed by atoms with E-state index in [2.05, 4.69) is 5.32 Å². The first-order valence-electron chi connectivity index (χ1n) is 10.7. The van der Waals surface area contributed by atoms with Gasteiger partial charge in [-0.3, -0.25) is 9.10 Å². The van der Waals surface area contributed by atoms with Crippen LogP contribution < -0.4 is 9.62 Å². The second-order valence-corrected chi connectivity index (χ2v) is 11.1. The second kappa shape index (κ2) is 7.23. The third kappa shape index (κ3) is 3.54. The summed E-state index contributed by atoms with van der Waals surface area (Å²) in [6, 6.07) is 5.78. The summed E-state index contributed by atoms with van der Waals surface area (Å²) in [4.78, 5) is 12.8. The molecule has 1 aromatic rings. The minimum atomic E-state index is -3.85. The van der Waals surface area contributed by atoms with Gasteiger partial charge in [-0.05, 0) is 80.4 Å². The molecule has 0 atom stereocenters. The van der Waals surface area contributed by atoms with Crippen molar-refractivity contribution in [3.8, 4) is 0 Å². The summed E-state index contributed by atoms with van der Waals surface area (Å²) < 4.78 is 42.1. The van der Waals surface area contributed by atoms with Gasteiger partial charge in [0.1, 0.15) is 5.82 Å². The van der Waals surface area contributed by atoms with Crippen molar-refractivity contribution in [2.75, 3.05) is 23.9 Å². The van der Waals surface area contributed by atoms with Crippen LogP contribution in [-0.2, 0) is 15.0 Å². The molecule has 1 saturated heterocycles. The number of amides is 1. The molecule has 5 fully saturated rings. The van der Waals surface area contributed by atoms with E-state index in [1.807, 2.05) is 0 Å². The summed E-state index contributed by atoms with van der Waals surface area (Å²) in [6.45, 7) is 0.430. The largest absolute Gasteiger partial charge is 0.352 e. The van der Waals surface area contributed by atoms with E-state index in [4.69, 9.17) is 0 Å². The van der Waals surface area contributed by atoms with Gasteiger partial charge in [-0.1, -0.05) is 6.07 Å². The second-order valence-electron chi connectivity index (χ2n) is 9.27. The van der Waals surface area contributed by atoms with Gasteiger partial charge in [0.2, 0.25) is 5.91 Å². The van der Waals surface area contributed by atoms with E-state index in [1.165, 1.54) is 58.9 Å². The highest BCUT2D eigenvalue weighted by Gasteiger charge is 2.48. The van der Waals surface area contributed by atoms with Crippen LogP contribution in [0, 0.1) is 29.5 Å². The predicted molar refractivity (Wildman–Crippen MR) is 108 cm³/mol. The molecule has 0 aromatic heterocycles. The van der Waals surface area contributed by atoms with E-state index in [1.54, 1.807) is 6.07 Å².